The molecule has 1 fully saturated rings. The summed E-state index contributed by atoms with van der Waals surface area (Å²) in [5.41, 5.74) is 0.605. The Morgan fingerprint density at radius 2 is 2.42 bits per heavy atom. The van der Waals surface area contributed by atoms with E-state index in [9.17, 15) is 9.59 Å². The first-order chi connectivity index (χ1) is 9.17. The molecule has 2 heterocycles. The summed E-state index contributed by atoms with van der Waals surface area (Å²) < 4.78 is 0. The van der Waals surface area contributed by atoms with Crippen molar-refractivity contribution < 1.29 is 10.0 Å². The minimum Gasteiger partial charge on any atom is -0.411 e. The summed E-state index contributed by atoms with van der Waals surface area (Å²) in [4.78, 5) is 28.3. The molecule has 2 N–H and O–H groups in total. The Hall–Kier alpha value is -2.11. The second-order valence-corrected chi connectivity index (χ2v) is 4.62. The van der Waals surface area contributed by atoms with Crippen LogP contribution in [0, 0.1) is 5.92 Å². The number of oxime groups is 1. The molecule has 0 aromatic carbocycles. The number of rotatable bonds is 2. The Bertz CT molecular complexity index is 550. The van der Waals surface area contributed by atoms with E-state index in [-0.39, 0.29) is 22.8 Å². The van der Waals surface area contributed by atoms with E-state index in [4.69, 9.17) is 5.21 Å². The van der Waals surface area contributed by atoms with Crippen LogP contribution >= 0.6 is 0 Å². The molecule has 1 aromatic heterocycles. The van der Waals surface area contributed by atoms with Crippen LogP contribution < -0.4 is 5.43 Å². The summed E-state index contributed by atoms with van der Waals surface area (Å²) in [6.07, 6.45) is 4.28. The van der Waals surface area contributed by atoms with Crippen LogP contribution in [0.5, 0.6) is 0 Å². The third-order valence-corrected chi connectivity index (χ3v) is 3.51. The van der Waals surface area contributed by atoms with Crippen LogP contribution in [0.2, 0.25) is 0 Å². The number of nitrogens with zero attached hydrogens (tertiary/aromatic N) is 2. The number of aromatic amines is 1. The van der Waals surface area contributed by atoms with Gasteiger partial charge in [0.1, 0.15) is 5.56 Å². The average Bonchev–Trinajstić information content (AvgIpc) is 2.46. The molecule has 0 radical (unpaired) electrons. The van der Waals surface area contributed by atoms with Crippen LogP contribution in [-0.2, 0) is 0 Å². The van der Waals surface area contributed by atoms with Crippen molar-refractivity contribution in [3.8, 4) is 0 Å². The average molecular weight is 263 g/mol. The maximum Gasteiger partial charge on any atom is 0.259 e. The van der Waals surface area contributed by atoms with Crippen LogP contribution in [0.3, 0.4) is 0 Å². The Labute approximate surface area is 110 Å². The topological polar surface area (TPSA) is 85.8 Å². The number of carbonyl (C=O) groups excluding carboxylic acids is 1. The van der Waals surface area contributed by atoms with Gasteiger partial charge in [0.05, 0.1) is 5.71 Å². The molecule has 0 saturated carbocycles. The van der Waals surface area contributed by atoms with E-state index < -0.39 is 0 Å². The highest BCUT2D eigenvalue weighted by Gasteiger charge is 2.29. The van der Waals surface area contributed by atoms with Gasteiger partial charge in [0, 0.05) is 43.9 Å². The minimum absolute atomic E-state index is 0.0606. The molecule has 1 amide bonds. The van der Waals surface area contributed by atoms with Crippen LogP contribution in [0.15, 0.2) is 28.4 Å². The molecule has 102 valence electrons. The Morgan fingerprint density at radius 3 is 3.05 bits per heavy atom. The van der Waals surface area contributed by atoms with E-state index >= 15 is 0 Å². The van der Waals surface area contributed by atoms with Crippen molar-refractivity contribution in [2.45, 2.75) is 19.8 Å². The molecule has 1 aromatic rings. The van der Waals surface area contributed by atoms with E-state index in [1.807, 2.05) is 6.92 Å². The molecule has 19 heavy (non-hydrogen) atoms. The van der Waals surface area contributed by atoms with Gasteiger partial charge in [0.2, 0.25) is 0 Å². The first-order valence-electron chi connectivity index (χ1n) is 6.34. The van der Waals surface area contributed by atoms with Crippen LogP contribution in [0.25, 0.3) is 0 Å². The Morgan fingerprint density at radius 1 is 1.63 bits per heavy atom. The normalized spacial score (nSPS) is 21.6. The lowest BCUT2D eigenvalue weighted by molar-refractivity contribution is 0.0727. The molecule has 1 unspecified atom stereocenters. The molecular weight excluding hydrogens is 246 g/mol. The van der Waals surface area contributed by atoms with Crippen molar-refractivity contribution in [2.24, 2.45) is 11.1 Å². The monoisotopic (exact) mass is 263 g/mol. The summed E-state index contributed by atoms with van der Waals surface area (Å²) in [5.74, 6) is -0.206. The minimum atomic E-state index is -0.279. The fraction of sp³-hybridized carbons (Fsp3) is 0.462. The third-order valence-electron chi connectivity index (χ3n) is 3.51. The maximum atomic E-state index is 12.3. The SMILES string of the molecule is CCC1CN(C(=O)c2c[nH]ccc2=O)CC/C1=N\O. The lowest BCUT2D eigenvalue weighted by Crippen LogP contribution is -2.45. The van der Waals surface area contributed by atoms with Gasteiger partial charge in [-0.05, 0) is 6.42 Å². The molecular formula is C13H17N3O3. The molecule has 0 bridgehead atoms. The van der Waals surface area contributed by atoms with Crippen molar-refractivity contribution in [2.75, 3.05) is 13.1 Å². The van der Waals surface area contributed by atoms with E-state index in [1.54, 1.807) is 4.90 Å². The van der Waals surface area contributed by atoms with Crippen LogP contribution in [-0.4, -0.2) is 39.8 Å². The van der Waals surface area contributed by atoms with Crippen molar-refractivity contribution in [3.05, 3.63) is 34.2 Å². The lowest BCUT2D eigenvalue weighted by atomic mass is 9.93. The fourth-order valence-electron chi connectivity index (χ4n) is 2.35. The van der Waals surface area contributed by atoms with Gasteiger partial charge in [-0.3, -0.25) is 9.59 Å². The smallest absolute Gasteiger partial charge is 0.259 e. The van der Waals surface area contributed by atoms with Gasteiger partial charge in [0.25, 0.3) is 5.91 Å². The second kappa shape index (κ2) is 5.69. The van der Waals surface area contributed by atoms with E-state index in [2.05, 4.69) is 10.1 Å². The molecule has 1 aliphatic heterocycles. The summed E-state index contributed by atoms with van der Waals surface area (Å²) in [7, 11) is 0. The van der Waals surface area contributed by atoms with Crippen LogP contribution in [0.1, 0.15) is 30.1 Å². The summed E-state index contributed by atoms with van der Waals surface area (Å²) in [6.45, 7) is 2.95. The molecule has 2 rings (SSSR count). The van der Waals surface area contributed by atoms with Crippen molar-refractivity contribution in [1.82, 2.24) is 9.88 Å². The zero-order valence-corrected chi connectivity index (χ0v) is 10.8. The third kappa shape index (κ3) is 2.67. The second-order valence-electron chi connectivity index (χ2n) is 4.62. The lowest BCUT2D eigenvalue weighted by Gasteiger charge is -2.32. The number of aromatic nitrogens is 1. The fourth-order valence-corrected chi connectivity index (χ4v) is 2.35. The molecule has 6 nitrogen and oxygen atoms in total. The van der Waals surface area contributed by atoms with Gasteiger partial charge >= 0.3 is 0 Å². The van der Waals surface area contributed by atoms with E-state index in [0.717, 1.165) is 12.1 Å². The summed E-state index contributed by atoms with van der Waals surface area (Å²) in [6, 6.07) is 1.34. The van der Waals surface area contributed by atoms with Gasteiger partial charge in [-0.15, -0.1) is 0 Å². The number of hydrogen-bond acceptors (Lipinski definition) is 4. The number of H-pyrrole nitrogens is 1. The molecule has 1 saturated heterocycles. The standard InChI is InChI=1S/C13H17N3O3/c1-2-9-8-16(6-4-11(9)15-19)13(18)10-7-14-5-3-12(10)17/h3,5,7,9,19H,2,4,6,8H2,1H3,(H,14,17)/b15-11+. The Balaban J connectivity index is 2.18. The largest absolute Gasteiger partial charge is 0.411 e. The Kier molecular flexibility index (Phi) is 3.99. The first-order valence-corrected chi connectivity index (χ1v) is 6.34. The van der Waals surface area contributed by atoms with Gasteiger partial charge in [-0.25, -0.2) is 0 Å². The maximum absolute atomic E-state index is 12.3. The number of pyridine rings is 1. The molecule has 0 spiro atoms. The van der Waals surface area contributed by atoms with Crippen molar-refractivity contribution >= 4 is 11.6 Å². The highest BCUT2D eigenvalue weighted by Crippen LogP contribution is 2.18. The van der Waals surface area contributed by atoms with Crippen LogP contribution in [0.4, 0.5) is 0 Å². The number of nitrogens with one attached hydrogen (secondary N) is 1. The van der Waals surface area contributed by atoms with Gasteiger partial charge in [-0.2, -0.15) is 0 Å². The highest BCUT2D eigenvalue weighted by atomic mass is 16.4. The zero-order chi connectivity index (χ0) is 13.8. The van der Waals surface area contributed by atoms with E-state index in [1.165, 1.54) is 18.5 Å². The number of carbonyl (C=O) groups is 1. The van der Waals surface area contributed by atoms with Crippen molar-refractivity contribution in [3.63, 3.8) is 0 Å². The van der Waals surface area contributed by atoms with Gasteiger partial charge < -0.3 is 15.1 Å². The molecule has 6 heteroatoms. The number of hydrogen-bond donors (Lipinski definition) is 2. The number of likely N-dealkylation sites (tertiary alicyclic amines) is 1. The quantitative estimate of drug-likeness (QED) is 0.618. The summed E-state index contributed by atoms with van der Waals surface area (Å²) >= 11 is 0. The van der Waals surface area contributed by atoms with Gasteiger partial charge in [0.15, 0.2) is 5.43 Å². The molecule has 1 atom stereocenters. The predicted octanol–water partition coefficient (Wildman–Crippen LogP) is 1.08. The summed E-state index contributed by atoms with van der Waals surface area (Å²) in [5, 5.41) is 12.2. The van der Waals surface area contributed by atoms with Crippen molar-refractivity contribution in [1.29, 1.82) is 0 Å². The van der Waals surface area contributed by atoms with E-state index in [0.29, 0.717) is 19.5 Å². The first kappa shape index (κ1) is 13.3. The molecule has 0 aliphatic carbocycles. The predicted molar refractivity (Wildman–Crippen MR) is 70.6 cm³/mol. The highest BCUT2D eigenvalue weighted by molar-refractivity contribution is 5.96. The zero-order valence-electron chi connectivity index (χ0n) is 10.8. The number of piperidine rings is 1. The number of amides is 1. The van der Waals surface area contributed by atoms with Gasteiger partial charge in [-0.1, -0.05) is 12.1 Å². The molecule has 1 aliphatic rings.